The third-order valence-corrected chi connectivity index (χ3v) is 3.38. The number of nitrogens with zero attached hydrogens (tertiary/aromatic N) is 3. The van der Waals surface area contributed by atoms with E-state index >= 15 is 0 Å². The number of ketones is 1. The zero-order valence-corrected chi connectivity index (χ0v) is 14.7. The molecule has 0 saturated carbocycles. The molecule has 1 heterocycles. The molecule has 0 fully saturated rings. The first kappa shape index (κ1) is 18.0. The summed E-state index contributed by atoms with van der Waals surface area (Å²) in [5.41, 5.74) is 2.78. The van der Waals surface area contributed by atoms with E-state index in [0.717, 1.165) is 0 Å². The minimum Gasteiger partial charge on any atom is -0.360 e. The summed E-state index contributed by atoms with van der Waals surface area (Å²) in [5, 5.41) is 8.33. The van der Waals surface area contributed by atoms with Crippen molar-refractivity contribution >= 4 is 40.5 Å². The topological polar surface area (TPSA) is 71.8 Å². The van der Waals surface area contributed by atoms with Gasteiger partial charge in [-0.15, -0.1) is 0 Å². The summed E-state index contributed by atoms with van der Waals surface area (Å²) in [6, 6.07) is 6.20. The molecule has 124 valence electrons. The second kappa shape index (κ2) is 7.04. The molecular weight excluding hydrogens is 351 g/mol. The Bertz CT molecular complexity index is 824. The quantitative estimate of drug-likeness (QED) is 0.278. The van der Waals surface area contributed by atoms with Gasteiger partial charge in [-0.25, -0.2) is 5.43 Å². The van der Waals surface area contributed by atoms with E-state index in [4.69, 9.17) is 34.3 Å². The number of hydrazone groups is 1. The van der Waals surface area contributed by atoms with Crippen LogP contribution in [0.5, 0.6) is 0 Å². The Morgan fingerprint density at radius 3 is 2.38 bits per heavy atom. The van der Waals surface area contributed by atoms with Gasteiger partial charge < -0.3 is 9.37 Å². The van der Waals surface area contributed by atoms with Crippen LogP contribution in [-0.2, 0) is 5.41 Å². The molecule has 0 aliphatic carbocycles. The second-order valence-corrected chi connectivity index (χ2v) is 6.85. The molecule has 6 nitrogen and oxygen atoms in total. The number of aromatic nitrogens is 1. The van der Waals surface area contributed by atoms with E-state index < -0.39 is 5.78 Å². The van der Waals surface area contributed by atoms with Crippen LogP contribution >= 0.6 is 23.2 Å². The maximum atomic E-state index is 12.3. The maximum Gasteiger partial charge on any atom is 0.343 e. The van der Waals surface area contributed by atoms with Crippen LogP contribution in [0.15, 0.2) is 33.9 Å². The van der Waals surface area contributed by atoms with Gasteiger partial charge in [0.2, 0.25) is 5.78 Å². The van der Waals surface area contributed by atoms with Crippen molar-refractivity contribution in [2.24, 2.45) is 5.10 Å². The van der Waals surface area contributed by atoms with Gasteiger partial charge >= 0.3 is 5.84 Å². The van der Waals surface area contributed by atoms with Gasteiger partial charge in [0.25, 0.3) is 0 Å². The molecule has 0 bridgehead atoms. The Labute approximate surface area is 149 Å². The SMILES string of the molecule is [C-]#[N+]/C(=N/Nc1cc(Cl)cc(Cl)c1)C(=O)c1cc(C(C)(C)C)on1. The fraction of sp³-hybridized carbons (Fsp3) is 0.250. The molecule has 1 N–H and O–H groups in total. The molecule has 0 aliphatic rings. The molecule has 0 aliphatic heterocycles. The van der Waals surface area contributed by atoms with Crippen molar-refractivity contribution in [2.75, 3.05) is 5.43 Å². The highest BCUT2D eigenvalue weighted by Gasteiger charge is 2.24. The maximum absolute atomic E-state index is 12.3. The van der Waals surface area contributed by atoms with Crippen LogP contribution in [0.3, 0.4) is 0 Å². The van der Waals surface area contributed by atoms with Crippen molar-refractivity contribution in [1.82, 2.24) is 5.16 Å². The normalized spacial score (nSPS) is 11.9. The van der Waals surface area contributed by atoms with E-state index in [1.807, 2.05) is 20.8 Å². The molecule has 0 atom stereocenters. The summed E-state index contributed by atoms with van der Waals surface area (Å²) in [6.45, 7) is 12.9. The summed E-state index contributed by atoms with van der Waals surface area (Å²) in [5.74, 6) is -0.463. The summed E-state index contributed by atoms with van der Waals surface area (Å²) < 4.78 is 5.16. The number of anilines is 1. The first-order valence-corrected chi connectivity index (χ1v) is 7.65. The molecule has 2 aromatic rings. The van der Waals surface area contributed by atoms with Crippen LogP contribution in [0.1, 0.15) is 37.0 Å². The number of nitrogens with one attached hydrogen (secondary N) is 1. The Morgan fingerprint density at radius 2 is 1.88 bits per heavy atom. The van der Waals surface area contributed by atoms with E-state index in [1.165, 1.54) is 6.07 Å². The van der Waals surface area contributed by atoms with Crippen LogP contribution in [0.25, 0.3) is 4.85 Å². The van der Waals surface area contributed by atoms with Crippen molar-refractivity contribution in [2.45, 2.75) is 26.2 Å². The van der Waals surface area contributed by atoms with Crippen LogP contribution in [0.2, 0.25) is 10.0 Å². The number of benzene rings is 1. The lowest BCUT2D eigenvalue weighted by Crippen LogP contribution is -2.13. The highest BCUT2D eigenvalue weighted by molar-refractivity contribution is 6.48. The van der Waals surface area contributed by atoms with Crippen molar-refractivity contribution in [3.63, 3.8) is 0 Å². The molecule has 0 saturated heterocycles. The van der Waals surface area contributed by atoms with E-state index in [-0.39, 0.29) is 16.9 Å². The molecule has 0 unspecified atom stereocenters. The van der Waals surface area contributed by atoms with E-state index in [9.17, 15) is 4.79 Å². The number of Topliss-reactive ketones (excluding diaryl/α,β-unsaturated/α-hetero) is 1. The highest BCUT2D eigenvalue weighted by Crippen LogP contribution is 2.24. The molecule has 2 rings (SSSR count). The number of rotatable bonds is 4. The fourth-order valence-corrected chi connectivity index (χ4v) is 2.24. The van der Waals surface area contributed by atoms with Crippen molar-refractivity contribution in [1.29, 1.82) is 0 Å². The van der Waals surface area contributed by atoms with Crippen LogP contribution in [0.4, 0.5) is 5.69 Å². The van der Waals surface area contributed by atoms with Gasteiger partial charge in [-0.3, -0.25) is 4.79 Å². The van der Waals surface area contributed by atoms with Gasteiger partial charge in [-0.1, -0.05) is 55.7 Å². The summed E-state index contributed by atoms with van der Waals surface area (Å²) in [7, 11) is 0. The third kappa shape index (κ3) is 4.34. The number of hydrogen-bond donors (Lipinski definition) is 1. The standard InChI is InChI=1S/C16H14Cl2N4O2/c1-16(2,3)13-8-12(22-24-13)14(23)15(19-4)21-20-11-6-9(17)5-10(18)7-11/h5-8,20H,1-3H3/b21-15+. The van der Waals surface area contributed by atoms with E-state index in [2.05, 4.69) is 20.5 Å². The van der Waals surface area contributed by atoms with Gasteiger partial charge in [0.1, 0.15) is 11.5 Å². The lowest BCUT2D eigenvalue weighted by atomic mass is 9.93. The Balaban J connectivity index is 2.22. The lowest BCUT2D eigenvalue weighted by molar-refractivity contribution is 0.105. The van der Waals surface area contributed by atoms with Gasteiger partial charge in [-0.05, 0) is 23.3 Å². The predicted octanol–water partition coefficient (Wildman–Crippen LogP) is 4.81. The van der Waals surface area contributed by atoms with Gasteiger partial charge in [-0.2, -0.15) is 0 Å². The predicted molar refractivity (Wildman–Crippen MR) is 93.7 cm³/mol. The fourth-order valence-electron chi connectivity index (χ4n) is 1.71. The molecule has 0 amide bonds. The van der Waals surface area contributed by atoms with Crippen molar-refractivity contribution < 1.29 is 9.32 Å². The van der Waals surface area contributed by atoms with Crippen molar-refractivity contribution in [3.05, 3.63) is 57.2 Å². The zero-order valence-electron chi connectivity index (χ0n) is 13.2. The third-order valence-electron chi connectivity index (χ3n) is 2.94. The number of carbonyl (C=O) groups is 1. The number of amidine groups is 1. The van der Waals surface area contributed by atoms with Gasteiger partial charge in [0, 0.05) is 21.5 Å². The monoisotopic (exact) mass is 364 g/mol. The molecule has 0 spiro atoms. The number of halogens is 2. The Kier molecular flexibility index (Phi) is 5.27. The van der Waals surface area contributed by atoms with Crippen LogP contribution < -0.4 is 5.43 Å². The largest absolute Gasteiger partial charge is 0.360 e. The van der Waals surface area contributed by atoms with E-state index in [0.29, 0.717) is 21.5 Å². The number of carbonyl (C=O) groups excluding carboxylic acids is 1. The molecule has 1 aromatic heterocycles. The van der Waals surface area contributed by atoms with Crippen LogP contribution in [-0.4, -0.2) is 16.8 Å². The minimum atomic E-state index is -0.634. The first-order valence-electron chi connectivity index (χ1n) is 6.90. The van der Waals surface area contributed by atoms with E-state index in [1.54, 1.807) is 18.2 Å². The number of hydrogen-bond acceptors (Lipinski definition) is 5. The Morgan fingerprint density at radius 1 is 1.25 bits per heavy atom. The summed E-state index contributed by atoms with van der Waals surface area (Å²) in [6.07, 6.45) is 0. The lowest BCUT2D eigenvalue weighted by Gasteiger charge is -2.11. The highest BCUT2D eigenvalue weighted by atomic mass is 35.5. The smallest absolute Gasteiger partial charge is 0.343 e. The average molecular weight is 365 g/mol. The molecule has 8 heteroatoms. The second-order valence-electron chi connectivity index (χ2n) is 5.97. The van der Waals surface area contributed by atoms with Crippen molar-refractivity contribution in [3.8, 4) is 0 Å². The average Bonchev–Trinajstić information content (AvgIpc) is 2.96. The summed E-state index contributed by atoms with van der Waals surface area (Å²) in [4.78, 5) is 15.4. The zero-order chi connectivity index (χ0) is 17.9. The van der Waals surface area contributed by atoms with Gasteiger partial charge in [0.05, 0.1) is 5.69 Å². The summed E-state index contributed by atoms with van der Waals surface area (Å²) >= 11 is 11.8. The molecular formula is C16H14Cl2N4O2. The van der Waals surface area contributed by atoms with Gasteiger partial charge in [0.15, 0.2) is 0 Å². The molecule has 0 radical (unpaired) electrons. The molecule has 1 aromatic carbocycles. The minimum absolute atomic E-state index is 0.0283. The molecule has 24 heavy (non-hydrogen) atoms. The Hall–Kier alpha value is -2.36. The first-order chi connectivity index (χ1) is 11.2. The van der Waals surface area contributed by atoms with Crippen LogP contribution in [0, 0.1) is 6.57 Å².